The second-order valence-corrected chi connectivity index (χ2v) is 4.50. The molecule has 2 heterocycles. The lowest BCUT2D eigenvalue weighted by atomic mass is 10.2. The van der Waals surface area contributed by atoms with E-state index in [0.717, 1.165) is 11.3 Å². The Bertz CT molecular complexity index is 469. The van der Waals surface area contributed by atoms with Gasteiger partial charge in [-0.25, -0.2) is 4.79 Å². The molecule has 96 valence electrons. The molecular weight excluding hydrogens is 252 g/mol. The number of hydrogen-bond donors (Lipinski definition) is 4. The molecular formula is C11H14N4O2S. The monoisotopic (exact) mass is 266 g/mol. The van der Waals surface area contributed by atoms with E-state index < -0.39 is 6.10 Å². The lowest BCUT2D eigenvalue weighted by Crippen LogP contribution is -2.37. The van der Waals surface area contributed by atoms with Crippen molar-refractivity contribution in [3.63, 3.8) is 0 Å². The van der Waals surface area contributed by atoms with Crippen LogP contribution in [0.4, 0.5) is 4.79 Å². The molecule has 2 rings (SSSR count). The van der Waals surface area contributed by atoms with Crippen LogP contribution in [0, 0.1) is 0 Å². The smallest absolute Gasteiger partial charge is 0.315 e. The lowest BCUT2D eigenvalue weighted by Gasteiger charge is -2.11. The number of amides is 2. The fourth-order valence-corrected chi connectivity index (χ4v) is 2.10. The maximum atomic E-state index is 11.4. The summed E-state index contributed by atoms with van der Waals surface area (Å²) in [7, 11) is 0. The van der Waals surface area contributed by atoms with Gasteiger partial charge in [0.1, 0.15) is 0 Å². The number of aromatic amines is 1. The normalized spacial score (nSPS) is 12.1. The molecule has 0 aliphatic rings. The van der Waals surface area contributed by atoms with Crippen LogP contribution in [0.2, 0.25) is 0 Å². The maximum Gasteiger partial charge on any atom is 0.315 e. The van der Waals surface area contributed by atoms with Crippen LogP contribution in [0.5, 0.6) is 0 Å². The number of thiophene rings is 1. The molecule has 0 aliphatic carbocycles. The molecule has 0 aliphatic heterocycles. The molecule has 7 heteroatoms. The first-order valence-electron chi connectivity index (χ1n) is 5.46. The van der Waals surface area contributed by atoms with E-state index in [-0.39, 0.29) is 12.6 Å². The molecule has 2 aromatic heterocycles. The summed E-state index contributed by atoms with van der Waals surface area (Å²) < 4.78 is 0. The molecule has 6 nitrogen and oxygen atoms in total. The van der Waals surface area contributed by atoms with Gasteiger partial charge >= 0.3 is 6.03 Å². The Morgan fingerprint density at radius 1 is 1.50 bits per heavy atom. The summed E-state index contributed by atoms with van der Waals surface area (Å²) in [5.41, 5.74) is 1.64. The first-order valence-corrected chi connectivity index (χ1v) is 6.40. The van der Waals surface area contributed by atoms with E-state index >= 15 is 0 Å². The number of urea groups is 1. The molecule has 1 atom stereocenters. The Morgan fingerprint density at radius 3 is 3.06 bits per heavy atom. The fourth-order valence-electron chi connectivity index (χ4n) is 1.39. The number of carbonyl (C=O) groups excluding carboxylic acids is 1. The summed E-state index contributed by atoms with van der Waals surface area (Å²) in [6.07, 6.45) is 0.948. The van der Waals surface area contributed by atoms with Crippen molar-refractivity contribution in [1.29, 1.82) is 0 Å². The average molecular weight is 266 g/mol. The van der Waals surface area contributed by atoms with Crippen LogP contribution in [0.1, 0.15) is 17.4 Å². The van der Waals surface area contributed by atoms with E-state index in [4.69, 9.17) is 0 Å². The quantitative estimate of drug-likeness (QED) is 0.651. The molecule has 1 unspecified atom stereocenters. The Labute approximate surface area is 108 Å². The van der Waals surface area contributed by atoms with Crippen molar-refractivity contribution in [3.05, 3.63) is 40.3 Å². The summed E-state index contributed by atoms with van der Waals surface area (Å²) in [6, 6.07) is 3.29. The topological polar surface area (TPSA) is 90.0 Å². The highest BCUT2D eigenvalue weighted by molar-refractivity contribution is 7.07. The molecule has 4 N–H and O–H groups in total. The third kappa shape index (κ3) is 3.57. The predicted molar refractivity (Wildman–Crippen MR) is 68.1 cm³/mol. The van der Waals surface area contributed by atoms with Crippen molar-refractivity contribution in [3.8, 4) is 0 Å². The molecule has 0 fully saturated rings. The van der Waals surface area contributed by atoms with Crippen LogP contribution >= 0.6 is 11.3 Å². The van der Waals surface area contributed by atoms with Crippen LogP contribution in [-0.4, -0.2) is 27.9 Å². The molecule has 2 aromatic rings. The minimum atomic E-state index is -0.672. The van der Waals surface area contributed by atoms with Crippen LogP contribution in [0.3, 0.4) is 0 Å². The number of rotatable bonds is 5. The zero-order valence-electron chi connectivity index (χ0n) is 9.59. The number of nitrogens with zero attached hydrogens (tertiary/aromatic N) is 1. The van der Waals surface area contributed by atoms with E-state index in [1.54, 1.807) is 12.3 Å². The highest BCUT2D eigenvalue weighted by atomic mass is 32.1. The van der Waals surface area contributed by atoms with E-state index in [0.29, 0.717) is 6.54 Å². The van der Waals surface area contributed by atoms with Crippen molar-refractivity contribution in [2.75, 3.05) is 6.54 Å². The third-order valence-corrected chi connectivity index (χ3v) is 3.08. The second kappa shape index (κ2) is 6.18. The van der Waals surface area contributed by atoms with Crippen LogP contribution in [-0.2, 0) is 6.54 Å². The zero-order valence-corrected chi connectivity index (χ0v) is 10.4. The van der Waals surface area contributed by atoms with Gasteiger partial charge in [-0.15, -0.1) is 0 Å². The molecule has 18 heavy (non-hydrogen) atoms. The lowest BCUT2D eigenvalue weighted by molar-refractivity contribution is 0.173. The molecule has 0 saturated carbocycles. The molecule has 0 aromatic carbocycles. The largest absolute Gasteiger partial charge is 0.387 e. The van der Waals surface area contributed by atoms with Crippen LogP contribution in [0.15, 0.2) is 29.1 Å². The number of aliphatic hydroxyl groups excluding tert-OH is 1. The van der Waals surface area contributed by atoms with Crippen molar-refractivity contribution < 1.29 is 9.90 Å². The minimum Gasteiger partial charge on any atom is -0.387 e. The highest BCUT2D eigenvalue weighted by Crippen LogP contribution is 2.14. The Hall–Kier alpha value is -1.86. The first-order chi connectivity index (χ1) is 8.75. The SMILES string of the molecule is O=C(NCc1ccn[nH]1)NCC(O)c1ccsc1. The van der Waals surface area contributed by atoms with E-state index in [1.807, 2.05) is 16.8 Å². The van der Waals surface area contributed by atoms with E-state index in [9.17, 15) is 9.90 Å². The Morgan fingerprint density at radius 2 is 2.39 bits per heavy atom. The molecule has 0 radical (unpaired) electrons. The summed E-state index contributed by atoms with van der Waals surface area (Å²) >= 11 is 1.51. The van der Waals surface area contributed by atoms with Gasteiger partial charge < -0.3 is 15.7 Å². The summed E-state index contributed by atoms with van der Waals surface area (Å²) in [5.74, 6) is 0. The number of hydrogen-bond acceptors (Lipinski definition) is 4. The van der Waals surface area contributed by atoms with Crippen molar-refractivity contribution in [1.82, 2.24) is 20.8 Å². The summed E-state index contributed by atoms with van der Waals surface area (Å²) in [4.78, 5) is 11.4. The molecule has 0 spiro atoms. The molecule has 2 amide bonds. The predicted octanol–water partition coefficient (Wildman–Crippen LogP) is 1.00. The Balaban J connectivity index is 1.68. The van der Waals surface area contributed by atoms with Crippen LogP contribution < -0.4 is 10.6 Å². The van der Waals surface area contributed by atoms with Gasteiger partial charge in [-0.1, -0.05) is 0 Å². The fraction of sp³-hybridized carbons (Fsp3) is 0.273. The second-order valence-electron chi connectivity index (χ2n) is 3.72. The van der Waals surface area contributed by atoms with Gasteiger partial charge in [-0.2, -0.15) is 16.4 Å². The van der Waals surface area contributed by atoms with Crippen LogP contribution in [0.25, 0.3) is 0 Å². The zero-order chi connectivity index (χ0) is 12.8. The van der Waals surface area contributed by atoms with Gasteiger partial charge in [-0.05, 0) is 28.5 Å². The molecule has 0 saturated heterocycles. The minimum absolute atomic E-state index is 0.186. The van der Waals surface area contributed by atoms with Gasteiger partial charge in [0.25, 0.3) is 0 Å². The standard InChI is InChI=1S/C11H14N4O2S/c16-10(8-2-4-18-7-8)6-13-11(17)12-5-9-1-3-14-15-9/h1-4,7,10,16H,5-6H2,(H,14,15)(H2,12,13,17). The first kappa shape index (κ1) is 12.6. The van der Waals surface area contributed by atoms with Crippen molar-refractivity contribution >= 4 is 17.4 Å². The highest BCUT2D eigenvalue weighted by Gasteiger charge is 2.09. The van der Waals surface area contributed by atoms with E-state index in [2.05, 4.69) is 20.8 Å². The summed E-state index contributed by atoms with van der Waals surface area (Å²) in [6.45, 7) is 0.561. The van der Waals surface area contributed by atoms with E-state index in [1.165, 1.54) is 11.3 Å². The average Bonchev–Trinajstić information content (AvgIpc) is 3.05. The third-order valence-electron chi connectivity index (χ3n) is 2.38. The maximum absolute atomic E-state index is 11.4. The van der Waals surface area contributed by atoms with Gasteiger partial charge in [-0.3, -0.25) is 5.10 Å². The van der Waals surface area contributed by atoms with Gasteiger partial charge in [0.2, 0.25) is 0 Å². The van der Waals surface area contributed by atoms with Gasteiger partial charge in [0, 0.05) is 12.7 Å². The van der Waals surface area contributed by atoms with Gasteiger partial charge in [0.15, 0.2) is 0 Å². The van der Waals surface area contributed by atoms with Crippen molar-refractivity contribution in [2.45, 2.75) is 12.6 Å². The Kier molecular flexibility index (Phi) is 4.32. The van der Waals surface area contributed by atoms with Gasteiger partial charge in [0.05, 0.1) is 18.3 Å². The number of aromatic nitrogens is 2. The number of aliphatic hydroxyl groups is 1. The summed E-state index contributed by atoms with van der Waals surface area (Å²) in [5, 5.41) is 25.3. The number of nitrogens with one attached hydrogen (secondary N) is 3. The van der Waals surface area contributed by atoms with Crippen molar-refractivity contribution in [2.24, 2.45) is 0 Å². The number of H-pyrrole nitrogens is 1. The molecule has 0 bridgehead atoms. The number of carbonyl (C=O) groups is 1.